The van der Waals surface area contributed by atoms with Crippen molar-refractivity contribution in [3.63, 3.8) is 0 Å². The molecule has 6 heteroatoms. The summed E-state index contributed by atoms with van der Waals surface area (Å²) >= 11 is 3.67. The summed E-state index contributed by atoms with van der Waals surface area (Å²) in [6.45, 7) is 4.20. The first-order chi connectivity index (χ1) is 16.7. The highest BCUT2D eigenvalue weighted by Crippen LogP contribution is 2.45. The predicted octanol–water partition coefficient (Wildman–Crippen LogP) is 7.19. The van der Waals surface area contributed by atoms with E-state index >= 15 is 0 Å². The zero-order valence-electron chi connectivity index (χ0n) is 20.0. The second-order valence-corrected chi connectivity index (χ2v) is 10.5. The van der Waals surface area contributed by atoms with E-state index in [0.29, 0.717) is 6.42 Å². The lowest BCUT2D eigenvalue weighted by atomic mass is 10.2. The summed E-state index contributed by atoms with van der Waals surface area (Å²) in [6.07, 6.45) is 12.6. The number of ether oxygens (including phenoxy) is 1. The third-order valence-corrected chi connectivity index (χ3v) is 8.24. The Balaban J connectivity index is 1.52. The summed E-state index contributed by atoms with van der Waals surface area (Å²) in [5, 5.41) is 2.52. The third kappa shape index (κ3) is 5.91. The molecule has 0 fully saturated rings. The lowest BCUT2D eigenvalue weighted by Gasteiger charge is -2.20. The van der Waals surface area contributed by atoms with E-state index in [-0.39, 0.29) is 5.97 Å². The molecule has 0 spiro atoms. The zero-order valence-corrected chi connectivity index (χ0v) is 21.7. The second-order valence-electron chi connectivity index (χ2n) is 8.39. The number of aromatic nitrogens is 1. The number of anilines is 1. The Kier molecular flexibility index (Phi) is 8.83. The first-order valence-corrected chi connectivity index (χ1v) is 13.8. The van der Waals surface area contributed by atoms with Crippen LogP contribution in [0.25, 0.3) is 16.3 Å². The first kappa shape index (κ1) is 24.6. The van der Waals surface area contributed by atoms with E-state index in [1.54, 1.807) is 0 Å². The molecule has 0 aliphatic carbocycles. The number of aryl methyl sites for hydroxylation is 1. The van der Waals surface area contributed by atoms with Crippen molar-refractivity contribution in [1.29, 1.82) is 0 Å². The van der Waals surface area contributed by atoms with Crippen LogP contribution in [0.1, 0.15) is 50.5 Å². The molecule has 4 nitrogen and oxygen atoms in total. The normalized spacial score (nSPS) is 14.4. The van der Waals surface area contributed by atoms with E-state index in [0.717, 1.165) is 25.9 Å². The van der Waals surface area contributed by atoms with Crippen molar-refractivity contribution in [1.82, 2.24) is 0 Å². The van der Waals surface area contributed by atoms with Gasteiger partial charge in [-0.1, -0.05) is 66.8 Å². The lowest BCUT2D eigenvalue weighted by Crippen LogP contribution is -2.34. The summed E-state index contributed by atoms with van der Waals surface area (Å²) < 4.78 is 8.58. The van der Waals surface area contributed by atoms with Crippen molar-refractivity contribution in [3.8, 4) is 0 Å². The zero-order chi connectivity index (χ0) is 23.8. The van der Waals surface area contributed by atoms with Gasteiger partial charge in [0.05, 0.1) is 17.8 Å². The molecule has 0 saturated carbocycles. The largest absolute Gasteiger partial charge is 0.469 e. The Morgan fingerprint density at radius 2 is 1.88 bits per heavy atom. The van der Waals surface area contributed by atoms with Gasteiger partial charge >= 0.3 is 5.97 Å². The molecule has 2 heterocycles. The molecular weight excluding hydrogens is 460 g/mol. The molecule has 0 saturated heterocycles. The number of carbonyl (C=O) groups excluding carboxylic acids is 1. The van der Waals surface area contributed by atoms with Gasteiger partial charge in [-0.3, -0.25) is 4.79 Å². The average Bonchev–Trinajstić information content (AvgIpc) is 3.39. The van der Waals surface area contributed by atoms with Gasteiger partial charge in [-0.2, -0.15) is 4.57 Å². The molecule has 0 N–H and O–H groups in total. The average molecular weight is 494 g/mol. The second kappa shape index (κ2) is 12.2. The molecule has 2 aromatic carbocycles. The van der Waals surface area contributed by atoms with Gasteiger partial charge in [0.2, 0.25) is 5.52 Å². The molecule has 1 aliphatic heterocycles. The third-order valence-electron chi connectivity index (χ3n) is 5.98. The van der Waals surface area contributed by atoms with Crippen LogP contribution in [0.5, 0.6) is 0 Å². The van der Waals surface area contributed by atoms with Crippen molar-refractivity contribution in [2.45, 2.75) is 56.9 Å². The van der Waals surface area contributed by atoms with Gasteiger partial charge in [0.15, 0.2) is 6.54 Å². The van der Waals surface area contributed by atoms with Crippen LogP contribution in [-0.2, 0) is 16.1 Å². The molecule has 0 unspecified atom stereocenters. The number of nitrogens with zero attached hydrogens (tertiary/aromatic N) is 2. The minimum atomic E-state index is -0.134. The molecule has 0 bridgehead atoms. The Morgan fingerprint density at radius 3 is 2.74 bits per heavy atom. The van der Waals surface area contributed by atoms with Crippen molar-refractivity contribution in [2.24, 2.45) is 0 Å². The van der Waals surface area contributed by atoms with Gasteiger partial charge in [-0.05, 0) is 43.5 Å². The van der Waals surface area contributed by atoms with Crippen LogP contribution >= 0.6 is 23.1 Å². The van der Waals surface area contributed by atoms with Crippen molar-refractivity contribution < 1.29 is 14.1 Å². The number of allylic oxidation sites excluding steroid dienone is 2. The number of rotatable bonds is 11. The standard InChI is InChI=1S/C28H33N2O2S2/c1-3-4-10-20-29-22-13-5-7-15-24(22)33-26(29)17-12-18-27-30(21-11-9-19-28(31)32-2)23-14-6-8-16-25(23)34-27/h5-8,12-18H,3-4,9-11,19-21H2,1-2H3/q+1. The van der Waals surface area contributed by atoms with Crippen molar-refractivity contribution in [3.05, 3.63) is 70.7 Å². The number of methoxy groups -OCH3 is 1. The fraction of sp³-hybridized carbons (Fsp3) is 0.357. The summed E-state index contributed by atoms with van der Waals surface area (Å²) in [7, 11) is 1.45. The minimum absolute atomic E-state index is 0.134. The summed E-state index contributed by atoms with van der Waals surface area (Å²) in [5.74, 6) is -0.134. The maximum absolute atomic E-state index is 11.5. The van der Waals surface area contributed by atoms with Crippen LogP contribution in [-0.4, -0.2) is 19.6 Å². The molecule has 34 heavy (non-hydrogen) atoms. The van der Waals surface area contributed by atoms with Crippen LogP contribution in [0.4, 0.5) is 5.69 Å². The highest BCUT2D eigenvalue weighted by atomic mass is 32.2. The van der Waals surface area contributed by atoms with E-state index in [9.17, 15) is 4.79 Å². The van der Waals surface area contributed by atoms with E-state index in [4.69, 9.17) is 4.74 Å². The molecule has 0 atom stereocenters. The fourth-order valence-electron chi connectivity index (χ4n) is 4.19. The van der Waals surface area contributed by atoms with E-state index in [2.05, 4.69) is 83.1 Å². The van der Waals surface area contributed by atoms with Crippen LogP contribution in [0.2, 0.25) is 0 Å². The smallest absolute Gasteiger partial charge is 0.305 e. The molecular formula is C28H33N2O2S2+. The highest BCUT2D eigenvalue weighted by molar-refractivity contribution is 8.03. The lowest BCUT2D eigenvalue weighted by molar-refractivity contribution is -0.669. The van der Waals surface area contributed by atoms with E-state index in [1.165, 1.54) is 57.2 Å². The topological polar surface area (TPSA) is 33.4 Å². The van der Waals surface area contributed by atoms with Gasteiger partial charge in [-0.15, -0.1) is 0 Å². The predicted molar refractivity (Wildman–Crippen MR) is 144 cm³/mol. The number of fused-ring (bicyclic) bond motifs is 2. The van der Waals surface area contributed by atoms with Crippen molar-refractivity contribution in [2.75, 3.05) is 18.6 Å². The Bertz CT molecular complexity index is 1180. The van der Waals surface area contributed by atoms with Crippen LogP contribution in [0.15, 0.2) is 70.6 Å². The number of carbonyl (C=O) groups is 1. The van der Waals surface area contributed by atoms with Gasteiger partial charge in [0.25, 0.3) is 5.01 Å². The minimum Gasteiger partial charge on any atom is -0.469 e. The summed E-state index contributed by atoms with van der Waals surface area (Å²) in [5.41, 5.74) is 2.58. The molecule has 1 aliphatic rings. The number of thiazole rings is 1. The van der Waals surface area contributed by atoms with Gasteiger partial charge in [0.1, 0.15) is 4.70 Å². The monoisotopic (exact) mass is 493 g/mol. The van der Waals surface area contributed by atoms with Crippen LogP contribution in [0, 0.1) is 0 Å². The van der Waals surface area contributed by atoms with Gasteiger partial charge in [-0.25, -0.2) is 0 Å². The number of esters is 1. The molecule has 0 amide bonds. The fourth-order valence-corrected chi connectivity index (χ4v) is 6.39. The highest BCUT2D eigenvalue weighted by Gasteiger charge is 2.24. The summed E-state index contributed by atoms with van der Waals surface area (Å²) in [6, 6.07) is 17.2. The SMILES string of the molecule is CCCCC[n+]1c(/C=C/C=C2/Sc3ccccc3N2CCCCC(=O)OC)sc2ccccc21. The summed E-state index contributed by atoms with van der Waals surface area (Å²) in [4.78, 5) is 15.1. The maximum Gasteiger partial charge on any atom is 0.305 e. The molecule has 3 aromatic rings. The Hall–Kier alpha value is -2.57. The van der Waals surface area contributed by atoms with Crippen LogP contribution in [0.3, 0.4) is 0 Å². The number of unbranched alkanes of at least 4 members (excludes halogenated alkanes) is 3. The molecule has 178 valence electrons. The number of hydrogen-bond donors (Lipinski definition) is 0. The molecule has 4 rings (SSSR count). The first-order valence-electron chi connectivity index (χ1n) is 12.1. The number of para-hydroxylation sites is 2. The Morgan fingerprint density at radius 1 is 1.06 bits per heavy atom. The Labute approximate surface area is 210 Å². The van der Waals surface area contributed by atoms with Gasteiger partial charge in [0, 0.05) is 36.4 Å². The molecule has 0 radical (unpaired) electrons. The van der Waals surface area contributed by atoms with Crippen molar-refractivity contribution >= 4 is 51.0 Å². The van der Waals surface area contributed by atoms with Gasteiger partial charge < -0.3 is 9.64 Å². The number of hydrogen-bond acceptors (Lipinski definition) is 5. The van der Waals surface area contributed by atoms with E-state index in [1.807, 2.05) is 23.1 Å². The van der Waals surface area contributed by atoms with Crippen LogP contribution < -0.4 is 9.47 Å². The van der Waals surface area contributed by atoms with E-state index < -0.39 is 0 Å². The quantitative estimate of drug-likeness (QED) is 0.161. The number of thioether (sulfide) groups is 1. The number of benzene rings is 2. The maximum atomic E-state index is 11.5. The molecule has 1 aromatic heterocycles.